The predicted octanol–water partition coefficient (Wildman–Crippen LogP) is 2.60. The third-order valence-corrected chi connectivity index (χ3v) is 5.21. The number of benzene rings is 1. The first kappa shape index (κ1) is 21.4. The van der Waals surface area contributed by atoms with Crippen molar-refractivity contribution in [2.75, 3.05) is 50.5 Å². The van der Waals surface area contributed by atoms with E-state index in [-0.39, 0.29) is 0 Å². The largest absolute Gasteiger partial charge is 0.489 e. The average Bonchev–Trinajstić information content (AvgIpc) is 2.81. The summed E-state index contributed by atoms with van der Waals surface area (Å²) in [5.74, 6) is 2.20. The maximum Gasteiger partial charge on any atom is 0.170 e. The average molecular weight is 486 g/mol. The molecule has 1 saturated heterocycles. The highest BCUT2D eigenvalue weighted by atomic mass is 79.9. The van der Waals surface area contributed by atoms with Crippen LogP contribution < -0.4 is 15.8 Å². The van der Waals surface area contributed by atoms with Crippen molar-refractivity contribution in [1.82, 2.24) is 24.8 Å². The van der Waals surface area contributed by atoms with Crippen molar-refractivity contribution >= 4 is 27.6 Å². The summed E-state index contributed by atoms with van der Waals surface area (Å²) in [6, 6.07) is 7.99. The maximum absolute atomic E-state index is 5.87. The van der Waals surface area contributed by atoms with E-state index in [9.17, 15) is 0 Å². The summed E-state index contributed by atoms with van der Waals surface area (Å²) >= 11 is 3.30. The van der Waals surface area contributed by atoms with Crippen molar-refractivity contribution < 1.29 is 9.47 Å². The van der Waals surface area contributed by atoms with Crippen LogP contribution in [0.4, 0.5) is 11.6 Å². The molecule has 0 saturated carbocycles. The van der Waals surface area contributed by atoms with Crippen molar-refractivity contribution in [2.24, 2.45) is 0 Å². The van der Waals surface area contributed by atoms with Crippen LogP contribution in [0.5, 0.6) is 5.75 Å². The summed E-state index contributed by atoms with van der Waals surface area (Å²) in [5, 5.41) is 3.21. The fourth-order valence-electron chi connectivity index (χ4n) is 3.17. The van der Waals surface area contributed by atoms with E-state index >= 15 is 0 Å². The van der Waals surface area contributed by atoms with Gasteiger partial charge in [-0.2, -0.15) is 0 Å². The molecule has 0 radical (unpaired) electrons. The van der Waals surface area contributed by atoms with Crippen LogP contribution in [-0.2, 0) is 11.3 Å². The van der Waals surface area contributed by atoms with Crippen LogP contribution in [0.1, 0.15) is 5.56 Å². The zero-order chi connectivity index (χ0) is 21.5. The monoisotopic (exact) mass is 485 g/mol. The standard InChI is InChI=1S/C21H24BrN7O2/c22-18-14-24-19(23)21(28-18)25-11-15-2-1-3-16(10-15)20-26-12-17(13-27-20)31-9-6-29-4-7-30-8-5-29/h1-3,10,12-14H,4-9,11H2,(H2,23,24)(H,25,28). The summed E-state index contributed by atoms with van der Waals surface area (Å²) in [7, 11) is 0. The Labute approximate surface area is 189 Å². The number of nitrogens with two attached hydrogens (primary N) is 1. The molecule has 0 atom stereocenters. The van der Waals surface area contributed by atoms with Gasteiger partial charge in [-0.25, -0.2) is 19.9 Å². The molecule has 3 heterocycles. The molecule has 1 aliphatic heterocycles. The third-order valence-electron chi connectivity index (χ3n) is 4.82. The van der Waals surface area contributed by atoms with Gasteiger partial charge in [-0.3, -0.25) is 4.90 Å². The lowest BCUT2D eigenvalue weighted by Gasteiger charge is -2.26. The number of aromatic nitrogens is 4. The number of nitrogen functional groups attached to an aromatic ring is 1. The first-order valence-electron chi connectivity index (χ1n) is 10.0. The molecule has 0 bridgehead atoms. The molecule has 4 rings (SSSR count). The van der Waals surface area contributed by atoms with Crippen molar-refractivity contribution in [2.45, 2.75) is 6.54 Å². The van der Waals surface area contributed by atoms with Gasteiger partial charge in [0.05, 0.1) is 31.8 Å². The fourth-order valence-corrected chi connectivity index (χ4v) is 3.45. The predicted molar refractivity (Wildman–Crippen MR) is 122 cm³/mol. The molecule has 0 amide bonds. The van der Waals surface area contributed by atoms with Crippen molar-refractivity contribution in [3.05, 3.63) is 53.0 Å². The van der Waals surface area contributed by atoms with Gasteiger partial charge < -0.3 is 20.5 Å². The molecule has 31 heavy (non-hydrogen) atoms. The van der Waals surface area contributed by atoms with Gasteiger partial charge in [-0.05, 0) is 27.6 Å². The number of ether oxygens (including phenoxy) is 2. The van der Waals surface area contributed by atoms with Crippen LogP contribution in [0, 0.1) is 0 Å². The quantitative estimate of drug-likeness (QED) is 0.496. The molecule has 9 nitrogen and oxygen atoms in total. The van der Waals surface area contributed by atoms with Crippen LogP contribution in [-0.4, -0.2) is 64.3 Å². The summed E-state index contributed by atoms with van der Waals surface area (Å²) in [4.78, 5) is 19.6. The molecule has 162 valence electrons. The third kappa shape index (κ3) is 6.09. The van der Waals surface area contributed by atoms with Crippen molar-refractivity contribution in [3.63, 3.8) is 0 Å². The normalized spacial score (nSPS) is 14.4. The van der Waals surface area contributed by atoms with Crippen LogP contribution in [0.3, 0.4) is 0 Å². The molecule has 0 spiro atoms. The van der Waals surface area contributed by atoms with E-state index in [1.165, 1.54) is 0 Å². The Kier molecular flexibility index (Phi) is 7.23. The molecule has 0 aliphatic carbocycles. The second-order valence-corrected chi connectivity index (χ2v) is 7.84. The highest BCUT2D eigenvalue weighted by molar-refractivity contribution is 9.10. The van der Waals surface area contributed by atoms with Gasteiger partial charge in [0.15, 0.2) is 23.2 Å². The molecule has 3 N–H and O–H groups in total. The zero-order valence-corrected chi connectivity index (χ0v) is 18.6. The first-order chi connectivity index (χ1) is 15.2. The van der Waals surface area contributed by atoms with E-state index in [1.807, 2.05) is 24.3 Å². The number of hydrogen-bond acceptors (Lipinski definition) is 9. The van der Waals surface area contributed by atoms with Gasteiger partial charge in [-0.15, -0.1) is 0 Å². The lowest BCUT2D eigenvalue weighted by molar-refractivity contribution is 0.0322. The minimum absolute atomic E-state index is 0.354. The Morgan fingerprint density at radius 3 is 2.74 bits per heavy atom. The maximum atomic E-state index is 5.87. The Hall–Kier alpha value is -2.82. The first-order valence-corrected chi connectivity index (χ1v) is 10.8. The number of anilines is 2. The van der Waals surface area contributed by atoms with E-state index in [0.717, 1.165) is 44.0 Å². The van der Waals surface area contributed by atoms with Gasteiger partial charge in [-0.1, -0.05) is 18.2 Å². The lowest BCUT2D eigenvalue weighted by Crippen LogP contribution is -2.38. The molecule has 1 aromatic carbocycles. The highest BCUT2D eigenvalue weighted by Gasteiger charge is 2.10. The van der Waals surface area contributed by atoms with Crippen LogP contribution in [0.15, 0.2) is 47.5 Å². The number of hydrogen-bond donors (Lipinski definition) is 2. The molecule has 1 fully saturated rings. The second kappa shape index (κ2) is 10.5. The van der Waals surface area contributed by atoms with Gasteiger partial charge in [0.2, 0.25) is 0 Å². The minimum Gasteiger partial charge on any atom is -0.489 e. The molecule has 3 aromatic rings. The van der Waals surface area contributed by atoms with E-state index < -0.39 is 0 Å². The van der Waals surface area contributed by atoms with Gasteiger partial charge in [0.1, 0.15) is 11.2 Å². The highest BCUT2D eigenvalue weighted by Crippen LogP contribution is 2.20. The van der Waals surface area contributed by atoms with E-state index in [0.29, 0.717) is 41.0 Å². The van der Waals surface area contributed by atoms with Crippen LogP contribution in [0.25, 0.3) is 11.4 Å². The van der Waals surface area contributed by atoms with E-state index in [1.54, 1.807) is 18.6 Å². The van der Waals surface area contributed by atoms with Crippen molar-refractivity contribution in [1.29, 1.82) is 0 Å². The Balaban J connectivity index is 1.33. The fraction of sp³-hybridized carbons (Fsp3) is 0.333. The number of morpholine rings is 1. The Morgan fingerprint density at radius 1 is 1.13 bits per heavy atom. The summed E-state index contributed by atoms with van der Waals surface area (Å²) in [6.45, 7) is 5.49. The summed E-state index contributed by atoms with van der Waals surface area (Å²) in [6.07, 6.45) is 4.99. The lowest BCUT2D eigenvalue weighted by atomic mass is 10.1. The molecular weight excluding hydrogens is 462 g/mol. The molecule has 10 heteroatoms. The molecule has 1 aliphatic rings. The molecule has 0 unspecified atom stereocenters. The smallest absolute Gasteiger partial charge is 0.170 e. The van der Waals surface area contributed by atoms with E-state index in [4.69, 9.17) is 15.2 Å². The van der Waals surface area contributed by atoms with Crippen LogP contribution >= 0.6 is 15.9 Å². The number of halogens is 1. The molecular formula is C21H24BrN7O2. The van der Waals surface area contributed by atoms with E-state index in [2.05, 4.69) is 46.1 Å². The second-order valence-electron chi connectivity index (χ2n) is 7.03. The molecule has 2 aromatic heterocycles. The topological polar surface area (TPSA) is 111 Å². The number of nitrogens with one attached hydrogen (secondary N) is 1. The van der Waals surface area contributed by atoms with Crippen molar-refractivity contribution in [3.8, 4) is 17.1 Å². The van der Waals surface area contributed by atoms with Gasteiger partial charge in [0, 0.05) is 31.7 Å². The van der Waals surface area contributed by atoms with Crippen LogP contribution in [0.2, 0.25) is 0 Å². The Bertz CT molecular complexity index is 997. The SMILES string of the molecule is Nc1ncc(Br)nc1NCc1cccc(-c2ncc(OCCN3CCOCC3)cn2)c1. The summed E-state index contributed by atoms with van der Waals surface area (Å²) < 4.78 is 11.8. The zero-order valence-electron chi connectivity index (χ0n) is 17.0. The number of rotatable bonds is 8. The van der Waals surface area contributed by atoms with Gasteiger partial charge in [0.25, 0.3) is 0 Å². The van der Waals surface area contributed by atoms with Gasteiger partial charge >= 0.3 is 0 Å². The minimum atomic E-state index is 0.354. The number of nitrogens with zero attached hydrogens (tertiary/aromatic N) is 5. The Morgan fingerprint density at radius 2 is 1.94 bits per heavy atom. The summed E-state index contributed by atoms with van der Waals surface area (Å²) in [5.41, 5.74) is 7.84.